The number of unbranched alkanes of at least 4 members (excludes halogenated alkanes) is 1. The molecule has 0 aromatic heterocycles. The summed E-state index contributed by atoms with van der Waals surface area (Å²) in [5.74, 6) is 0. The minimum Gasteiger partial charge on any atom is -0.445 e. The second-order valence-electron chi connectivity index (χ2n) is 5.16. The van der Waals surface area contributed by atoms with Crippen molar-refractivity contribution in [2.45, 2.75) is 45.3 Å². The van der Waals surface area contributed by atoms with Crippen molar-refractivity contribution in [1.29, 1.82) is 0 Å². The van der Waals surface area contributed by atoms with Gasteiger partial charge in [0.1, 0.15) is 6.61 Å². The molecule has 2 rings (SSSR count). The molecule has 3 heteroatoms. The normalized spacial score (nSPS) is 18.6. The van der Waals surface area contributed by atoms with Crippen LogP contribution in [0.2, 0.25) is 0 Å². The van der Waals surface area contributed by atoms with Crippen molar-refractivity contribution in [3.05, 3.63) is 48.0 Å². The maximum Gasteiger partial charge on any atom is 0.410 e. The van der Waals surface area contributed by atoms with Crippen molar-refractivity contribution in [1.82, 2.24) is 4.90 Å². The van der Waals surface area contributed by atoms with Gasteiger partial charge in [0, 0.05) is 6.54 Å². The molecule has 108 valence electrons. The molecule has 1 aliphatic rings. The number of carbonyl (C=O) groups excluding carboxylic acids is 1. The molecule has 0 spiro atoms. The second-order valence-corrected chi connectivity index (χ2v) is 5.16. The number of carbonyl (C=O) groups is 1. The summed E-state index contributed by atoms with van der Waals surface area (Å²) in [6, 6.07) is 10.0. The standard InChI is InChI=1S/C17H23NO2/c1-2-3-5-11-16-12-8-13-18(16)17(19)20-14-15-9-6-4-7-10-15/h4-7,9-11,16H,2-3,8,12-14H2,1H3/b11-5+/t16-/m0/s1. The van der Waals surface area contributed by atoms with E-state index in [1.807, 2.05) is 35.2 Å². The lowest BCUT2D eigenvalue weighted by atomic mass is 10.2. The number of nitrogens with zero attached hydrogens (tertiary/aromatic N) is 1. The molecular weight excluding hydrogens is 250 g/mol. The zero-order chi connectivity index (χ0) is 14.2. The summed E-state index contributed by atoms with van der Waals surface area (Å²) in [5.41, 5.74) is 1.03. The van der Waals surface area contributed by atoms with Gasteiger partial charge in [0.15, 0.2) is 0 Å². The van der Waals surface area contributed by atoms with E-state index in [1.54, 1.807) is 0 Å². The first-order chi connectivity index (χ1) is 9.81. The molecule has 1 heterocycles. The molecule has 1 fully saturated rings. The predicted molar refractivity (Wildman–Crippen MR) is 80.4 cm³/mol. The lowest BCUT2D eigenvalue weighted by Gasteiger charge is -2.21. The third kappa shape index (κ3) is 4.12. The van der Waals surface area contributed by atoms with Gasteiger partial charge in [-0.1, -0.05) is 55.8 Å². The summed E-state index contributed by atoms with van der Waals surface area (Å²) in [4.78, 5) is 14.0. The lowest BCUT2D eigenvalue weighted by molar-refractivity contribution is 0.0974. The van der Waals surface area contributed by atoms with Gasteiger partial charge in [-0.05, 0) is 24.8 Å². The fourth-order valence-corrected chi connectivity index (χ4v) is 2.44. The number of hydrogen-bond donors (Lipinski definition) is 0. The molecule has 0 N–H and O–H groups in total. The topological polar surface area (TPSA) is 29.5 Å². The van der Waals surface area contributed by atoms with Crippen LogP contribution in [0.1, 0.15) is 38.2 Å². The van der Waals surface area contributed by atoms with Crippen LogP contribution in [0.5, 0.6) is 0 Å². The van der Waals surface area contributed by atoms with Crippen LogP contribution in [0.3, 0.4) is 0 Å². The van der Waals surface area contributed by atoms with E-state index in [0.717, 1.165) is 37.8 Å². The van der Waals surface area contributed by atoms with Crippen molar-refractivity contribution >= 4 is 6.09 Å². The van der Waals surface area contributed by atoms with Gasteiger partial charge in [-0.15, -0.1) is 0 Å². The van der Waals surface area contributed by atoms with Crippen LogP contribution in [0.4, 0.5) is 4.79 Å². The molecule has 0 bridgehead atoms. The third-order valence-electron chi connectivity index (χ3n) is 3.55. The van der Waals surface area contributed by atoms with Crippen LogP contribution in [-0.4, -0.2) is 23.6 Å². The van der Waals surface area contributed by atoms with Gasteiger partial charge in [-0.3, -0.25) is 0 Å². The zero-order valence-corrected chi connectivity index (χ0v) is 12.1. The molecule has 1 atom stereocenters. The molecular formula is C17H23NO2. The highest BCUT2D eigenvalue weighted by atomic mass is 16.6. The summed E-state index contributed by atoms with van der Waals surface area (Å²) in [6.07, 6.45) is 8.44. The fourth-order valence-electron chi connectivity index (χ4n) is 2.44. The summed E-state index contributed by atoms with van der Waals surface area (Å²) >= 11 is 0. The van der Waals surface area contributed by atoms with Crippen LogP contribution < -0.4 is 0 Å². The molecule has 1 aliphatic heterocycles. The quantitative estimate of drug-likeness (QED) is 0.754. The average Bonchev–Trinajstić information content (AvgIpc) is 2.95. The number of hydrogen-bond acceptors (Lipinski definition) is 2. The second kappa shape index (κ2) is 7.73. The average molecular weight is 273 g/mol. The first-order valence-corrected chi connectivity index (χ1v) is 7.45. The molecule has 1 aromatic carbocycles. The van der Waals surface area contributed by atoms with Gasteiger partial charge < -0.3 is 9.64 Å². The zero-order valence-electron chi connectivity index (χ0n) is 12.1. The molecule has 0 aliphatic carbocycles. The Bertz CT molecular complexity index is 442. The minimum absolute atomic E-state index is 0.197. The highest BCUT2D eigenvalue weighted by Gasteiger charge is 2.27. The van der Waals surface area contributed by atoms with Crippen LogP contribution in [0.25, 0.3) is 0 Å². The third-order valence-corrected chi connectivity index (χ3v) is 3.55. The van der Waals surface area contributed by atoms with E-state index in [-0.39, 0.29) is 12.1 Å². The van der Waals surface area contributed by atoms with Crippen LogP contribution in [0, 0.1) is 0 Å². The number of rotatable bonds is 5. The molecule has 20 heavy (non-hydrogen) atoms. The molecule has 3 nitrogen and oxygen atoms in total. The largest absolute Gasteiger partial charge is 0.445 e. The first-order valence-electron chi connectivity index (χ1n) is 7.45. The maximum atomic E-state index is 12.1. The molecule has 1 aromatic rings. The number of benzene rings is 1. The number of allylic oxidation sites excluding steroid dienone is 1. The van der Waals surface area contributed by atoms with Gasteiger partial charge in [0.05, 0.1) is 6.04 Å². The van der Waals surface area contributed by atoms with Gasteiger partial charge in [-0.2, -0.15) is 0 Å². The van der Waals surface area contributed by atoms with E-state index < -0.39 is 0 Å². The van der Waals surface area contributed by atoms with E-state index in [4.69, 9.17) is 4.74 Å². The van der Waals surface area contributed by atoms with E-state index >= 15 is 0 Å². The SMILES string of the molecule is CCC/C=C/[C@H]1CCCN1C(=O)OCc1ccccc1. The van der Waals surface area contributed by atoms with Crippen molar-refractivity contribution in [3.63, 3.8) is 0 Å². The van der Waals surface area contributed by atoms with Gasteiger partial charge >= 0.3 is 6.09 Å². The molecule has 0 unspecified atom stereocenters. The minimum atomic E-state index is -0.197. The summed E-state index contributed by atoms with van der Waals surface area (Å²) in [5, 5.41) is 0. The van der Waals surface area contributed by atoms with Crippen LogP contribution in [0.15, 0.2) is 42.5 Å². The van der Waals surface area contributed by atoms with Crippen molar-refractivity contribution in [2.24, 2.45) is 0 Å². The fraction of sp³-hybridized carbons (Fsp3) is 0.471. The number of amides is 1. The highest BCUT2D eigenvalue weighted by Crippen LogP contribution is 2.20. The Morgan fingerprint density at radius 1 is 1.40 bits per heavy atom. The lowest BCUT2D eigenvalue weighted by Crippen LogP contribution is -2.34. The maximum absolute atomic E-state index is 12.1. The Labute approximate surface area is 121 Å². The van der Waals surface area contributed by atoms with E-state index in [2.05, 4.69) is 19.1 Å². The monoisotopic (exact) mass is 273 g/mol. The Morgan fingerprint density at radius 3 is 2.95 bits per heavy atom. The van der Waals surface area contributed by atoms with Gasteiger partial charge in [0.25, 0.3) is 0 Å². The smallest absolute Gasteiger partial charge is 0.410 e. The van der Waals surface area contributed by atoms with Crippen molar-refractivity contribution < 1.29 is 9.53 Å². The van der Waals surface area contributed by atoms with E-state index in [1.165, 1.54) is 0 Å². The predicted octanol–water partition coefficient (Wildman–Crippen LogP) is 4.14. The van der Waals surface area contributed by atoms with Gasteiger partial charge in [0.2, 0.25) is 0 Å². The van der Waals surface area contributed by atoms with E-state index in [0.29, 0.717) is 6.61 Å². The van der Waals surface area contributed by atoms with Gasteiger partial charge in [-0.25, -0.2) is 4.79 Å². The van der Waals surface area contributed by atoms with Crippen LogP contribution >= 0.6 is 0 Å². The van der Waals surface area contributed by atoms with Crippen LogP contribution in [-0.2, 0) is 11.3 Å². The molecule has 1 amide bonds. The Balaban J connectivity index is 1.84. The Kier molecular flexibility index (Phi) is 5.66. The van der Waals surface area contributed by atoms with Crippen molar-refractivity contribution in [3.8, 4) is 0 Å². The number of ether oxygens (including phenoxy) is 1. The Hall–Kier alpha value is -1.77. The molecule has 0 radical (unpaired) electrons. The summed E-state index contributed by atoms with van der Waals surface area (Å²) in [6.45, 7) is 3.31. The summed E-state index contributed by atoms with van der Waals surface area (Å²) < 4.78 is 5.40. The molecule has 0 saturated carbocycles. The Morgan fingerprint density at radius 2 is 2.20 bits per heavy atom. The molecule has 1 saturated heterocycles. The van der Waals surface area contributed by atoms with E-state index in [9.17, 15) is 4.79 Å². The van der Waals surface area contributed by atoms with Crippen molar-refractivity contribution in [2.75, 3.05) is 6.54 Å². The summed E-state index contributed by atoms with van der Waals surface area (Å²) in [7, 11) is 0. The number of likely N-dealkylation sites (tertiary alicyclic amines) is 1. The first kappa shape index (κ1) is 14.6. The highest BCUT2D eigenvalue weighted by molar-refractivity contribution is 5.68.